The molecule has 0 atom stereocenters. The fourth-order valence-electron chi connectivity index (χ4n) is 0. The van der Waals surface area contributed by atoms with Crippen molar-refractivity contribution in [1.82, 2.24) is 0 Å². The summed E-state index contributed by atoms with van der Waals surface area (Å²) < 4.78 is 0. The molecule has 0 unspecified atom stereocenters. The SMILES string of the molecule is O=[N+]([O-])O.[P]. The van der Waals surface area contributed by atoms with E-state index in [4.69, 9.17) is 15.3 Å². The van der Waals surface area contributed by atoms with Crippen molar-refractivity contribution in [3.63, 3.8) is 0 Å². The number of hydrogen-bond acceptors (Lipinski definition) is 2. The summed E-state index contributed by atoms with van der Waals surface area (Å²) in [6.07, 6.45) is 0. The van der Waals surface area contributed by atoms with Crippen molar-refractivity contribution < 1.29 is 10.3 Å². The largest absolute Gasteiger partial charge is 0.328 e. The summed E-state index contributed by atoms with van der Waals surface area (Å²) in [6.45, 7) is 0. The monoisotopic (exact) mass is 94.0 g/mol. The fourth-order valence-corrected chi connectivity index (χ4v) is 0. The molecule has 0 aliphatic carbocycles. The maximum absolute atomic E-state index is 8.36. The molecule has 4 nitrogen and oxygen atoms in total. The summed E-state index contributed by atoms with van der Waals surface area (Å²) in [7, 11) is 0. The van der Waals surface area contributed by atoms with Crippen molar-refractivity contribution >= 4 is 9.90 Å². The van der Waals surface area contributed by atoms with Gasteiger partial charge < -0.3 is 5.21 Å². The first kappa shape index (κ1) is 8.82. The second-order valence-electron chi connectivity index (χ2n) is 0.238. The highest BCUT2D eigenvalue weighted by atomic mass is 31.0. The topological polar surface area (TPSA) is 63.4 Å². The molecule has 0 fully saturated rings. The minimum Gasteiger partial charge on any atom is -0.328 e. The van der Waals surface area contributed by atoms with Gasteiger partial charge in [-0.15, -0.1) is 10.1 Å². The third-order valence-electron chi connectivity index (χ3n) is 0. The first-order valence-corrected chi connectivity index (χ1v) is 0.565. The van der Waals surface area contributed by atoms with Crippen LogP contribution in [0.2, 0.25) is 0 Å². The van der Waals surface area contributed by atoms with E-state index in [9.17, 15) is 0 Å². The molecule has 0 spiro atoms. The molecular weight excluding hydrogens is 93.0 g/mol. The van der Waals surface area contributed by atoms with E-state index in [-0.39, 0.29) is 9.90 Å². The van der Waals surface area contributed by atoms with Crippen LogP contribution in [0.4, 0.5) is 0 Å². The van der Waals surface area contributed by atoms with Gasteiger partial charge in [0.05, 0.1) is 0 Å². The van der Waals surface area contributed by atoms with E-state index in [1.165, 1.54) is 0 Å². The molecule has 5 heteroatoms. The first-order chi connectivity index (χ1) is 1.73. The number of hydrogen-bond donors (Lipinski definition) is 1. The Bertz CT molecular complexity index is 29.9. The molecule has 0 amide bonds. The Kier molecular flexibility index (Phi) is 6.40. The van der Waals surface area contributed by atoms with Gasteiger partial charge in [0, 0.05) is 9.90 Å². The van der Waals surface area contributed by atoms with Crippen LogP contribution in [0.25, 0.3) is 0 Å². The first-order valence-electron chi connectivity index (χ1n) is 0.565. The van der Waals surface area contributed by atoms with Crippen LogP contribution in [0.5, 0.6) is 0 Å². The molecule has 29 valence electrons. The smallest absolute Gasteiger partial charge is 0.291 e. The van der Waals surface area contributed by atoms with Crippen LogP contribution in [-0.2, 0) is 0 Å². The van der Waals surface area contributed by atoms with Gasteiger partial charge in [-0.05, 0) is 0 Å². The van der Waals surface area contributed by atoms with Gasteiger partial charge in [0.25, 0.3) is 5.09 Å². The standard InChI is InChI=1S/HNO3.P/c2-1(3)4;/h(H,2,3,4);. The van der Waals surface area contributed by atoms with Gasteiger partial charge in [-0.1, -0.05) is 0 Å². The quantitative estimate of drug-likeness (QED) is 0.270. The molecule has 0 aromatic rings. The molecule has 0 aliphatic rings. The Balaban J connectivity index is 0. The van der Waals surface area contributed by atoms with E-state index in [1.54, 1.807) is 0 Å². The van der Waals surface area contributed by atoms with Crippen LogP contribution in [0.1, 0.15) is 0 Å². The lowest BCUT2D eigenvalue weighted by Crippen LogP contribution is -1.81. The van der Waals surface area contributed by atoms with Gasteiger partial charge in [0.15, 0.2) is 0 Å². The molecule has 0 bridgehead atoms. The zero-order chi connectivity index (χ0) is 3.58. The van der Waals surface area contributed by atoms with Crippen LogP contribution in [-0.4, -0.2) is 10.3 Å². The predicted molar refractivity (Wildman–Crippen MR) is 15.7 cm³/mol. The summed E-state index contributed by atoms with van der Waals surface area (Å²) in [6, 6.07) is 0. The molecule has 0 saturated carbocycles. The normalized spacial score (nSPS) is 4.80. The Morgan fingerprint density at radius 3 is 1.80 bits per heavy atom. The average Bonchev–Trinajstić information content (AvgIpc) is 0.811. The zero-order valence-electron chi connectivity index (χ0n) is 2.16. The van der Waals surface area contributed by atoms with Gasteiger partial charge in [-0.25, -0.2) is 0 Å². The van der Waals surface area contributed by atoms with Crippen molar-refractivity contribution in [1.29, 1.82) is 0 Å². The highest BCUT2D eigenvalue weighted by molar-refractivity contribution is 6.92. The Labute approximate surface area is 31.5 Å². The molecular formula is HNO3P. The third-order valence-corrected chi connectivity index (χ3v) is 0. The van der Waals surface area contributed by atoms with E-state index in [0.29, 0.717) is 0 Å². The molecule has 0 aromatic carbocycles. The van der Waals surface area contributed by atoms with Gasteiger partial charge >= 0.3 is 0 Å². The van der Waals surface area contributed by atoms with E-state index in [0.717, 1.165) is 0 Å². The minimum atomic E-state index is -1.50. The second-order valence-corrected chi connectivity index (χ2v) is 0.238. The molecule has 0 rings (SSSR count). The molecule has 0 aromatic heterocycles. The van der Waals surface area contributed by atoms with Gasteiger partial charge in [-0.3, -0.25) is 0 Å². The van der Waals surface area contributed by atoms with E-state index in [2.05, 4.69) is 0 Å². The van der Waals surface area contributed by atoms with Gasteiger partial charge in [-0.2, -0.15) is 0 Å². The predicted octanol–water partition coefficient (Wildman–Crippen LogP) is 0.513. The number of rotatable bonds is 0. The fraction of sp³-hybridized carbons (Fsp3) is 0. The average molecular weight is 94.0 g/mol. The van der Waals surface area contributed by atoms with Crippen molar-refractivity contribution in [3.8, 4) is 0 Å². The maximum atomic E-state index is 8.36. The summed E-state index contributed by atoms with van der Waals surface area (Å²) in [4.78, 5) is 8.36. The van der Waals surface area contributed by atoms with Crippen molar-refractivity contribution in [2.75, 3.05) is 0 Å². The van der Waals surface area contributed by atoms with Crippen LogP contribution in [0, 0.1) is 10.1 Å². The Hall–Kier alpha value is -0.370. The maximum Gasteiger partial charge on any atom is 0.291 e. The van der Waals surface area contributed by atoms with E-state index in [1.807, 2.05) is 0 Å². The minimum absolute atomic E-state index is 0. The van der Waals surface area contributed by atoms with Crippen molar-refractivity contribution in [2.24, 2.45) is 0 Å². The zero-order valence-corrected chi connectivity index (χ0v) is 3.05. The molecule has 1 N–H and O–H groups in total. The highest BCUT2D eigenvalue weighted by Gasteiger charge is 1.65. The van der Waals surface area contributed by atoms with Crippen LogP contribution in [0.3, 0.4) is 0 Å². The summed E-state index contributed by atoms with van der Waals surface area (Å²) in [5.41, 5.74) is 0. The molecule has 3 radical (unpaired) electrons. The Morgan fingerprint density at radius 2 is 1.80 bits per heavy atom. The molecule has 0 heterocycles. The lowest BCUT2D eigenvalue weighted by atomic mass is 13.1. The van der Waals surface area contributed by atoms with Crippen LogP contribution < -0.4 is 0 Å². The lowest BCUT2D eigenvalue weighted by Gasteiger charge is -1.56. The third kappa shape index (κ3) is 70.4. The summed E-state index contributed by atoms with van der Waals surface area (Å²) >= 11 is 0. The molecule has 0 aliphatic heterocycles. The van der Waals surface area contributed by atoms with Gasteiger partial charge in [0.1, 0.15) is 0 Å². The van der Waals surface area contributed by atoms with Crippen molar-refractivity contribution in [3.05, 3.63) is 10.1 Å². The van der Waals surface area contributed by atoms with Crippen LogP contribution in [0.15, 0.2) is 0 Å². The van der Waals surface area contributed by atoms with E-state index >= 15 is 0 Å². The van der Waals surface area contributed by atoms with E-state index < -0.39 is 5.09 Å². The molecule has 0 saturated heterocycles. The molecule has 5 heavy (non-hydrogen) atoms. The van der Waals surface area contributed by atoms with Crippen molar-refractivity contribution in [2.45, 2.75) is 0 Å². The highest BCUT2D eigenvalue weighted by Crippen LogP contribution is 1.38. The van der Waals surface area contributed by atoms with Gasteiger partial charge in [0.2, 0.25) is 0 Å². The Morgan fingerprint density at radius 1 is 1.80 bits per heavy atom. The number of nitrogens with zero attached hydrogens (tertiary/aromatic N) is 1. The lowest BCUT2D eigenvalue weighted by molar-refractivity contribution is -0.742. The summed E-state index contributed by atoms with van der Waals surface area (Å²) in [5, 5.41) is 13.6. The van der Waals surface area contributed by atoms with Crippen LogP contribution >= 0.6 is 9.90 Å². The summed E-state index contributed by atoms with van der Waals surface area (Å²) in [5.74, 6) is 0. The second kappa shape index (κ2) is 3.63.